The van der Waals surface area contributed by atoms with Crippen LogP contribution in [0.15, 0.2) is 0 Å². The van der Waals surface area contributed by atoms with Crippen LogP contribution in [0.5, 0.6) is 0 Å². The predicted molar refractivity (Wildman–Crippen MR) is 79.2 cm³/mol. The summed E-state index contributed by atoms with van der Waals surface area (Å²) in [5, 5.41) is 0. The molecule has 0 aliphatic carbocycles. The van der Waals surface area contributed by atoms with Crippen molar-refractivity contribution in [1.82, 2.24) is 0 Å². The molecule has 0 rings (SSSR count). The van der Waals surface area contributed by atoms with Gasteiger partial charge < -0.3 is 9.47 Å². The topological polar surface area (TPSA) is 52.6 Å². The molecule has 0 aliphatic rings. The Hall–Kier alpha value is -1.06. The second-order valence-corrected chi connectivity index (χ2v) is 5.98. The Morgan fingerprint density at radius 1 is 0.750 bits per heavy atom. The Labute approximate surface area is 123 Å². The molecule has 4 heteroatoms. The average molecular weight is 286 g/mol. The van der Waals surface area contributed by atoms with Gasteiger partial charge in [-0.2, -0.15) is 0 Å². The molecule has 4 nitrogen and oxygen atoms in total. The fourth-order valence-corrected chi connectivity index (χ4v) is 2.36. The molecule has 0 spiro atoms. The van der Waals surface area contributed by atoms with Gasteiger partial charge in [-0.05, 0) is 38.5 Å². The summed E-state index contributed by atoms with van der Waals surface area (Å²) in [5.74, 6) is -0.713. The second kappa shape index (κ2) is 9.78. The Morgan fingerprint density at radius 3 is 1.25 bits per heavy atom. The van der Waals surface area contributed by atoms with Gasteiger partial charge in [0.15, 0.2) is 0 Å². The van der Waals surface area contributed by atoms with Crippen LogP contribution in [-0.2, 0) is 19.1 Å². The number of rotatable bonds is 9. The summed E-state index contributed by atoms with van der Waals surface area (Å²) in [7, 11) is 0. The van der Waals surface area contributed by atoms with Gasteiger partial charge in [-0.15, -0.1) is 0 Å². The van der Waals surface area contributed by atoms with Crippen molar-refractivity contribution in [2.45, 2.75) is 54.4 Å². The summed E-state index contributed by atoms with van der Waals surface area (Å²) < 4.78 is 10.3. The predicted octanol–water partition coefficient (Wildman–Crippen LogP) is 3.44. The molecule has 2 atom stereocenters. The molecule has 0 aliphatic heterocycles. The Morgan fingerprint density at radius 2 is 1.05 bits per heavy atom. The summed E-state index contributed by atoms with van der Waals surface area (Å²) in [5.41, 5.74) is 0. The number of esters is 2. The minimum Gasteiger partial charge on any atom is -0.466 e. The first kappa shape index (κ1) is 18.9. The highest BCUT2D eigenvalue weighted by Crippen LogP contribution is 2.29. The zero-order valence-electron chi connectivity index (χ0n) is 13.8. The lowest BCUT2D eigenvalue weighted by atomic mass is 9.80. The van der Waals surface area contributed by atoms with Gasteiger partial charge in [-0.1, -0.05) is 27.7 Å². The van der Waals surface area contributed by atoms with Gasteiger partial charge in [0.05, 0.1) is 25.0 Å². The van der Waals surface area contributed by atoms with Crippen LogP contribution >= 0.6 is 0 Å². The van der Waals surface area contributed by atoms with Crippen molar-refractivity contribution in [2.75, 3.05) is 13.2 Å². The van der Waals surface area contributed by atoms with Crippen LogP contribution in [0.3, 0.4) is 0 Å². The quantitative estimate of drug-likeness (QED) is 0.609. The molecule has 0 heterocycles. The molecule has 0 bridgehead atoms. The third-order valence-corrected chi connectivity index (χ3v) is 3.12. The molecule has 118 valence electrons. The largest absolute Gasteiger partial charge is 0.466 e. The molecule has 0 fully saturated rings. The van der Waals surface area contributed by atoms with E-state index >= 15 is 0 Å². The van der Waals surface area contributed by atoms with Crippen LogP contribution in [0.4, 0.5) is 0 Å². The first-order chi connectivity index (χ1) is 9.33. The van der Waals surface area contributed by atoms with E-state index in [0.29, 0.717) is 37.9 Å². The van der Waals surface area contributed by atoms with Crippen molar-refractivity contribution < 1.29 is 19.1 Å². The monoisotopic (exact) mass is 286 g/mol. The minimum atomic E-state index is -0.406. The third-order valence-electron chi connectivity index (χ3n) is 3.12. The van der Waals surface area contributed by atoms with Crippen LogP contribution in [0.1, 0.15) is 54.4 Å². The van der Waals surface area contributed by atoms with Gasteiger partial charge >= 0.3 is 11.9 Å². The van der Waals surface area contributed by atoms with E-state index in [2.05, 4.69) is 0 Å². The van der Waals surface area contributed by atoms with Crippen molar-refractivity contribution in [3.8, 4) is 0 Å². The fraction of sp³-hybridized carbons (Fsp3) is 0.875. The van der Waals surface area contributed by atoms with E-state index in [1.54, 1.807) is 13.8 Å². The van der Waals surface area contributed by atoms with E-state index in [0.717, 1.165) is 0 Å². The normalized spacial score (nSPS) is 14.2. The SMILES string of the molecule is CCOC(=O)[C@@H](CC(C)C)[C@H](CC(C)C)C(=O)OCC. The van der Waals surface area contributed by atoms with Crippen LogP contribution in [-0.4, -0.2) is 25.2 Å². The summed E-state index contributed by atoms with van der Waals surface area (Å²) in [6.07, 6.45) is 1.30. The molecular formula is C16H30O4. The zero-order valence-corrected chi connectivity index (χ0v) is 13.8. The van der Waals surface area contributed by atoms with Gasteiger partial charge in [-0.3, -0.25) is 9.59 Å². The Balaban J connectivity index is 5.14. The molecule has 0 aromatic heterocycles. The Kier molecular flexibility index (Phi) is 9.26. The fourth-order valence-electron chi connectivity index (χ4n) is 2.36. The molecule has 20 heavy (non-hydrogen) atoms. The first-order valence-electron chi connectivity index (χ1n) is 7.66. The number of ether oxygens (including phenoxy) is 2. The van der Waals surface area contributed by atoms with E-state index in [-0.39, 0.29) is 11.9 Å². The van der Waals surface area contributed by atoms with Crippen molar-refractivity contribution in [1.29, 1.82) is 0 Å². The van der Waals surface area contributed by atoms with E-state index in [4.69, 9.17) is 9.47 Å². The van der Waals surface area contributed by atoms with Crippen LogP contribution in [0.2, 0.25) is 0 Å². The van der Waals surface area contributed by atoms with E-state index in [1.165, 1.54) is 0 Å². The van der Waals surface area contributed by atoms with E-state index in [9.17, 15) is 9.59 Å². The highest BCUT2D eigenvalue weighted by molar-refractivity contribution is 5.82. The van der Waals surface area contributed by atoms with Gasteiger partial charge in [-0.25, -0.2) is 0 Å². The lowest BCUT2D eigenvalue weighted by molar-refractivity contribution is -0.161. The molecule has 0 aromatic rings. The molecule has 0 saturated heterocycles. The summed E-state index contributed by atoms with van der Waals surface area (Å²) in [4.78, 5) is 24.4. The first-order valence-corrected chi connectivity index (χ1v) is 7.66. The average Bonchev–Trinajstić information content (AvgIpc) is 2.33. The van der Waals surface area contributed by atoms with Crippen LogP contribution < -0.4 is 0 Å². The lowest BCUT2D eigenvalue weighted by Crippen LogP contribution is -2.34. The van der Waals surface area contributed by atoms with Crippen molar-refractivity contribution >= 4 is 11.9 Å². The Bertz CT molecular complexity index is 267. The van der Waals surface area contributed by atoms with Gasteiger partial charge in [0.1, 0.15) is 0 Å². The van der Waals surface area contributed by atoms with Crippen molar-refractivity contribution in [3.05, 3.63) is 0 Å². The third kappa shape index (κ3) is 6.92. The van der Waals surface area contributed by atoms with Crippen molar-refractivity contribution in [3.63, 3.8) is 0 Å². The van der Waals surface area contributed by atoms with Gasteiger partial charge in [0.2, 0.25) is 0 Å². The maximum atomic E-state index is 12.2. The van der Waals surface area contributed by atoms with Crippen LogP contribution in [0.25, 0.3) is 0 Å². The highest BCUT2D eigenvalue weighted by atomic mass is 16.5. The molecule has 0 saturated carbocycles. The molecule has 0 aromatic carbocycles. The smallest absolute Gasteiger partial charge is 0.309 e. The zero-order chi connectivity index (χ0) is 15.7. The highest BCUT2D eigenvalue weighted by Gasteiger charge is 2.36. The number of hydrogen-bond acceptors (Lipinski definition) is 4. The molecule has 0 unspecified atom stereocenters. The number of hydrogen-bond donors (Lipinski definition) is 0. The van der Waals surface area contributed by atoms with Crippen LogP contribution in [0, 0.1) is 23.7 Å². The van der Waals surface area contributed by atoms with E-state index in [1.807, 2.05) is 27.7 Å². The number of carbonyl (C=O) groups is 2. The molecule has 0 radical (unpaired) electrons. The van der Waals surface area contributed by atoms with Crippen molar-refractivity contribution in [2.24, 2.45) is 23.7 Å². The lowest BCUT2D eigenvalue weighted by Gasteiger charge is -2.26. The molecular weight excluding hydrogens is 256 g/mol. The summed E-state index contributed by atoms with van der Waals surface area (Å²) >= 11 is 0. The van der Waals surface area contributed by atoms with E-state index < -0.39 is 11.8 Å². The maximum Gasteiger partial charge on any atom is 0.309 e. The summed E-state index contributed by atoms with van der Waals surface area (Å²) in [6, 6.07) is 0. The van der Waals surface area contributed by atoms with Gasteiger partial charge in [0, 0.05) is 0 Å². The summed E-state index contributed by atoms with van der Waals surface area (Å²) in [6.45, 7) is 12.4. The second-order valence-electron chi connectivity index (χ2n) is 5.98. The molecule has 0 amide bonds. The molecule has 0 N–H and O–H groups in total. The minimum absolute atomic E-state index is 0.278. The standard InChI is InChI=1S/C16H30O4/c1-7-19-15(17)13(9-11(3)4)14(10-12(5)6)16(18)20-8-2/h11-14H,7-10H2,1-6H3/t13-,14-/m0/s1. The van der Waals surface area contributed by atoms with Gasteiger partial charge in [0.25, 0.3) is 0 Å². The number of carbonyl (C=O) groups excluding carboxylic acids is 2. The maximum absolute atomic E-state index is 12.2.